The molecule has 0 aliphatic rings. The number of anilines is 1. The zero-order chi connectivity index (χ0) is 19.7. The molecule has 0 saturated heterocycles. The van der Waals surface area contributed by atoms with E-state index in [0.29, 0.717) is 16.5 Å². The Kier molecular flexibility index (Phi) is 4.83. The first-order valence-electron chi connectivity index (χ1n) is 8.72. The summed E-state index contributed by atoms with van der Waals surface area (Å²) in [5.74, 6) is 0.562. The molecule has 4 aromatic rings. The Labute approximate surface area is 168 Å². The maximum Gasteiger partial charge on any atom is 0.264 e. The second kappa shape index (κ2) is 7.30. The smallest absolute Gasteiger partial charge is 0.264 e. The zero-order valence-electron chi connectivity index (χ0n) is 15.1. The number of benzene rings is 3. The number of aryl methyl sites for hydroxylation is 1. The van der Waals surface area contributed by atoms with Crippen molar-refractivity contribution in [3.05, 3.63) is 89.2 Å². The number of aromatic nitrogens is 2. The summed E-state index contributed by atoms with van der Waals surface area (Å²) in [5.41, 5.74) is 3.17. The fourth-order valence-electron chi connectivity index (χ4n) is 2.98. The van der Waals surface area contributed by atoms with Crippen molar-refractivity contribution >= 4 is 38.3 Å². The number of H-pyrrole nitrogens is 1. The van der Waals surface area contributed by atoms with Crippen molar-refractivity contribution in [3.8, 4) is 0 Å². The van der Waals surface area contributed by atoms with Crippen molar-refractivity contribution in [2.75, 3.05) is 4.31 Å². The Morgan fingerprint density at radius 1 is 0.964 bits per heavy atom. The fraction of sp³-hybridized carbons (Fsp3) is 0.0952. The number of rotatable bonds is 5. The van der Waals surface area contributed by atoms with Gasteiger partial charge in [0.25, 0.3) is 10.0 Å². The van der Waals surface area contributed by atoms with Crippen molar-refractivity contribution in [1.29, 1.82) is 0 Å². The third-order valence-electron chi connectivity index (χ3n) is 4.46. The molecule has 5 nitrogen and oxygen atoms in total. The van der Waals surface area contributed by atoms with Gasteiger partial charge in [0.05, 0.1) is 28.2 Å². The van der Waals surface area contributed by atoms with Gasteiger partial charge in [-0.15, -0.1) is 0 Å². The summed E-state index contributed by atoms with van der Waals surface area (Å²) in [6.07, 6.45) is 0. The maximum atomic E-state index is 13.4. The minimum absolute atomic E-state index is 0.0759. The third kappa shape index (κ3) is 3.61. The standard InChI is InChI=1S/C21H18ClN3O2S/c1-15-6-12-18(13-7-15)28(26,27)25(17-10-8-16(22)9-11-17)14-21-23-19-4-2-3-5-20(19)24-21/h2-13H,14H2,1H3,(H,23,24). The van der Waals surface area contributed by atoms with Crippen LogP contribution in [0.2, 0.25) is 5.02 Å². The van der Waals surface area contributed by atoms with Gasteiger partial charge in [0.2, 0.25) is 0 Å². The Morgan fingerprint density at radius 2 is 1.64 bits per heavy atom. The molecule has 0 saturated carbocycles. The summed E-state index contributed by atoms with van der Waals surface area (Å²) in [5, 5.41) is 0.542. The molecule has 1 heterocycles. The minimum atomic E-state index is -3.79. The van der Waals surface area contributed by atoms with Crippen LogP contribution in [0.5, 0.6) is 0 Å². The Bertz CT molecular complexity index is 1180. The predicted molar refractivity (Wildman–Crippen MR) is 112 cm³/mol. The highest BCUT2D eigenvalue weighted by Crippen LogP contribution is 2.27. The molecule has 0 aliphatic heterocycles. The van der Waals surface area contributed by atoms with Crippen LogP contribution in [0, 0.1) is 6.92 Å². The van der Waals surface area contributed by atoms with E-state index < -0.39 is 10.0 Å². The number of hydrogen-bond acceptors (Lipinski definition) is 3. The molecule has 0 radical (unpaired) electrons. The zero-order valence-corrected chi connectivity index (χ0v) is 16.7. The number of nitrogens with zero attached hydrogens (tertiary/aromatic N) is 2. The lowest BCUT2D eigenvalue weighted by atomic mass is 10.2. The lowest BCUT2D eigenvalue weighted by Gasteiger charge is -2.24. The monoisotopic (exact) mass is 411 g/mol. The van der Waals surface area contributed by atoms with E-state index in [2.05, 4.69) is 9.97 Å². The molecule has 0 bridgehead atoms. The molecule has 0 atom stereocenters. The van der Waals surface area contributed by atoms with Crippen LogP contribution in [0.1, 0.15) is 11.4 Å². The Hall–Kier alpha value is -2.83. The second-order valence-corrected chi connectivity index (χ2v) is 8.80. The van der Waals surface area contributed by atoms with E-state index in [4.69, 9.17) is 11.6 Å². The van der Waals surface area contributed by atoms with Gasteiger partial charge in [-0.3, -0.25) is 4.31 Å². The quantitative estimate of drug-likeness (QED) is 0.506. The number of nitrogens with one attached hydrogen (secondary N) is 1. The van der Waals surface area contributed by atoms with E-state index >= 15 is 0 Å². The lowest BCUT2D eigenvalue weighted by molar-refractivity contribution is 0.589. The summed E-state index contributed by atoms with van der Waals surface area (Å²) in [4.78, 5) is 7.95. The van der Waals surface area contributed by atoms with Crippen LogP contribution in [0.3, 0.4) is 0 Å². The number of sulfonamides is 1. The predicted octanol–water partition coefficient (Wildman–Crippen LogP) is 4.92. The SMILES string of the molecule is Cc1ccc(S(=O)(=O)N(Cc2nc3ccccc3[nH]2)c2ccc(Cl)cc2)cc1. The first-order chi connectivity index (χ1) is 13.4. The number of imidazole rings is 1. The van der Waals surface area contributed by atoms with Gasteiger partial charge in [-0.05, 0) is 55.5 Å². The van der Waals surface area contributed by atoms with Gasteiger partial charge >= 0.3 is 0 Å². The number of fused-ring (bicyclic) bond motifs is 1. The highest BCUT2D eigenvalue weighted by Gasteiger charge is 2.26. The van der Waals surface area contributed by atoms with Gasteiger partial charge in [0, 0.05) is 5.02 Å². The largest absolute Gasteiger partial charge is 0.340 e. The summed E-state index contributed by atoms with van der Waals surface area (Å²) >= 11 is 5.99. The summed E-state index contributed by atoms with van der Waals surface area (Å²) < 4.78 is 28.1. The van der Waals surface area contributed by atoms with Crippen LogP contribution in [0.25, 0.3) is 11.0 Å². The molecule has 1 aromatic heterocycles. The van der Waals surface area contributed by atoms with Crippen molar-refractivity contribution in [2.24, 2.45) is 0 Å². The van der Waals surface area contributed by atoms with E-state index in [0.717, 1.165) is 16.6 Å². The molecule has 7 heteroatoms. The number of para-hydroxylation sites is 2. The van der Waals surface area contributed by atoms with E-state index in [1.54, 1.807) is 48.5 Å². The van der Waals surface area contributed by atoms with Gasteiger partial charge < -0.3 is 4.98 Å². The van der Waals surface area contributed by atoms with E-state index in [1.165, 1.54) is 4.31 Å². The highest BCUT2D eigenvalue weighted by molar-refractivity contribution is 7.92. The summed E-state index contributed by atoms with van der Waals surface area (Å²) in [6, 6.07) is 21.1. The number of hydrogen-bond donors (Lipinski definition) is 1. The molecule has 0 spiro atoms. The second-order valence-electron chi connectivity index (χ2n) is 6.50. The average molecular weight is 412 g/mol. The summed E-state index contributed by atoms with van der Waals surface area (Å²) in [6.45, 7) is 1.99. The first kappa shape index (κ1) is 18.5. The molecule has 0 amide bonds. The van der Waals surface area contributed by atoms with Crippen LogP contribution in [0.4, 0.5) is 5.69 Å². The molecular weight excluding hydrogens is 394 g/mol. The molecule has 142 valence electrons. The third-order valence-corrected chi connectivity index (χ3v) is 6.50. The molecule has 3 aromatic carbocycles. The van der Waals surface area contributed by atoms with Gasteiger partial charge in [0.15, 0.2) is 0 Å². The molecule has 1 N–H and O–H groups in total. The molecule has 0 unspecified atom stereocenters. The maximum absolute atomic E-state index is 13.4. The van der Waals surface area contributed by atoms with E-state index in [1.807, 2.05) is 31.2 Å². The lowest BCUT2D eigenvalue weighted by Crippen LogP contribution is -2.31. The van der Waals surface area contributed by atoms with Gasteiger partial charge in [0.1, 0.15) is 5.82 Å². The molecule has 0 aliphatic carbocycles. The average Bonchev–Trinajstić information content (AvgIpc) is 3.10. The Morgan fingerprint density at radius 3 is 2.32 bits per heavy atom. The van der Waals surface area contributed by atoms with Crippen LogP contribution >= 0.6 is 11.6 Å². The van der Waals surface area contributed by atoms with Crippen LogP contribution in [-0.4, -0.2) is 18.4 Å². The molecule has 0 fully saturated rings. The van der Waals surface area contributed by atoms with E-state index in [9.17, 15) is 8.42 Å². The highest BCUT2D eigenvalue weighted by atomic mass is 35.5. The fourth-order valence-corrected chi connectivity index (χ4v) is 4.53. The number of halogens is 1. The molecular formula is C21H18ClN3O2S. The van der Waals surface area contributed by atoms with Crippen LogP contribution < -0.4 is 4.31 Å². The summed E-state index contributed by atoms with van der Waals surface area (Å²) in [7, 11) is -3.79. The molecule has 4 rings (SSSR count). The van der Waals surface area contributed by atoms with Crippen LogP contribution in [-0.2, 0) is 16.6 Å². The van der Waals surface area contributed by atoms with Crippen molar-refractivity contribution in [3.63, 3.8) is 0 Å². The minimum Gasteiger partial charge on any atom is -0.340 e. The normalized spacial score (nSPS) is 11.6. The van der Waals surface area contributed by atoms with Gasteiger partial charge in [-0.1, -0.05) is 41.4 Å². The van der Waals surface area contributed by atoms with E-state index in [-0.39, 0.29) is 11.4 Å². The van der Waals surface area contributed by atoms with Crippen molar-refractivity contribution in [2.45, 2.75) is 18.4 Å². The number of aromatic amines is 1. The van der Waals surface area contributed by atoms with Crippen molar-refractivity contribution in [1.82, 2.24) is 9.97 Å². The molecule has 28 heavy (non-hydrogen) atoms. The topological polar surface area (TPSA) is 66.1 Å². The van der Waals surface area contributed by atoms with Gasteiger partial charge in [-0.2, -0.15) is 0 Å². The Balaban J connectivity index is 1.79. The van der Waals surface area contributed by atoms with Gasteiger partial charge in [-0.25, -0.2) is 13.4 Å². The van der Waals surface area contributed by atoms with Crippen LogP contribution in [0.15, 0.2) is 77.7 Å². The van der Waals surface area contributed by atoms with Crippen molar-refractivity contribution < 1.29 is 8.42 Å². The first-order valence-corrected chi connectivity index (χ1v) is 10.5.